The summed E-state index contributed by atoms with van der Waals surface area (Å²) < 4.78 is 0. The molecule has 70 valence electrons. The highest BCUT2D eigenvalue weighted by molar-refractivity contribution is 6.32. The summed E-state index contributed by atoms with van der Waals surface area (Å²) in [5, 5.41) is 3.88. The van der Waals surface area contributed by atoms with Gasteiger partial charge in [-0.1, -0.05) is 25.4 Å². The highest BCUT2D eigenvalue weighted by atomic mass is 35.5. The third kappa shape index (κ3) is 1.75. The van der Waals surface area contributed by atoms with Crippen molar-refractivity contribution >= 4 is 17.4 Å². The Morgan fingerprint density at radius 1 is 1.62 bits per heavy atom. The van der Waals surface area contributed by atoms with Crippen LogP contribution in [0, 0.1) is 5.41 Å². The van der Waals surface area contributed by atoms with E-state index in [-0.39, 0.29) is 0 Å². The van der Waals surface area contributed by atoms with E-state index in [1.807, 2.05) is 0 Å². The molecule has 2 rings (SSSR count). The lowest BCUT2D eigenvalue weighted by Crippen LogP contribution is -2.10. The van der Waals surface area contributed by atoms with Crippen LogP contribution >= 0.6 is 11.6 Å². The molecule has 1 aromatic heterocycles. The fourth-order valence-electron chi connectivity index (χ4n) is 1.30. The minimum atomic E-state index is 0.383. The summed E-state index contributed by atoms with van der Waals surface area (Å²) in [6.07, 6.45) is 4.28. The summed E-state index contributed by atoms with van der Waals surface area (Å²) in [4.78, 5) is 7.90. The summed E-state index contributed by atoms with van der Waals surface area (Å²) in [5.41, 5.74) is 0.383. The summed E-state index contributed by atoms with van der Waals surface area (Å²) in [6, 6.07) is 0.500. The van der Waals surface area contributed by atoms with Gasteiger partial charge in [-0.05, 0) is 11.8 Å². The van der Waals surface area contributed by atoms with Crippen molar-refractivity contribution in [3.63, 3.8) is 0 Å². The molecule has 1 saturated carbocycles. The van der Waals surface area contributed by atoms with Gasteiger partial charge in [0, 0.05) is 6.04 Å². The Labute approximate surface area is 82.5 Å². The van der Waals surface area contributed by atoms with Crippen LogP contribution in [0.4, 0.5) is 5.82 Å². The van der Waals surface area contributed by atoms with Gasteiger partial charge >= 0.3 is 0 Å². The lowest BCUT2D eigenvalue weighted by atomic mass is 10.2. The molecule has 0 spiro atoms. The van der Waals surface area contributed by atoms with Crippen molar-refractivity contribution in [1.82, 2.24) is 9.97 Å². The van der Waals surface area contributed by atoms with Crippen molar-refractivity contribution in [1.29, 1.82) is 0 Å². The first-order valence-electron chi connectivity index (χ1n) is 4.32. The largest absolute Gasteiger partial charge is 0.365 e. The minimum absolute atomic E-state index is 0.383. The first-order chi connectivity index (χ1) is 6.09. The van der Waals surface area contributed by atoms with Gasteiger partial charge < -0.3 is 5.32 Å². The molecule has 0 amide bonds. The number of rotatable bonds is 2. The van der Waals surface area contributed by atoms with Crippen molar-refractivity contribution in [2.45, 2.75) is 26.3 Å². The van der Waals surface area contributed by atoms with E-state index in [9.17, 15) is 0 Å². The van der Waals surface area contributed by atoms with E-state index in [1.165, 1.54) is 12.7 Å². The maximum absolute atomic E-state index is 5.90. The van der Waals surface area contributed by atoms with Crippen molar-refractivity contribution in [2.75, 3.05) is 5.32 Å². The molecule has 0 saturated heterocycles. The van der Waals surface area contributed by atoms with E-state index in [4.69, 9.17) is 11.6 Å². The third-order valence-corrected chi connectivity index (χ3v) is 2.77. The number of hydrogen-bond acceptors (Lipinski definition) is 3. The zero-order chi connectivity index (χ0) is 9.47. The molecule has 3 nitrogen and oxygen atoms in total. The topological polar surface area (TPSA) is 37.8 Å². The fraction of sp³-hybridized carbons (Fsp3) is 0.556. The first-order valence-corrected chi connectivity index (χ1v) is 4.69. The molecular weight excluding hydrogens is 186 g/mol. The number of nitrogens with one attached hydrogen (secondary N) is 1. The average Bonchev–Trinajstić information content (AvgIpc) is 2.64. The van der Waals surface area contributed by atoms with Crippen LogP contribution in [-0.4, -0.2) is 16.0 Å². The van der Waals surface area contributed by atoms with Gasteiger partial charge in [0.25, 0.3) is 0 Å². The number of hydrogen-bond donors (Lipinski definition) is 1. The molecule has 1 fully saturated rings. The minimum Gasteiger partial charge on any atom is -0.365 e. The van der Waals surface area contributed by atoms with Gasteiger partial charge in [0.15, 0.2) is 0 Å². The number of anilines is 1. The molecule has 1 unspecified atom stereocenters. The van der Waals surface area contributed by atoms with Crippen LogP contribution in [0.5, 0.6) is 0 Å². The monoisotopic (exact) mass is 197 g/mol. The smallest absolute Gasteiger partial charge is 0.148 e. The van der Waals surface area contributed by atoms with E-state index in [2.05, 4.69) is 29.1 Å². The number of aromatic nitrogens is 2. The van der Waals surface area contributed by atoms with Gasteiger partial charge in [0.1, 0.15) is 17.2 Å². The van der Waals surface area contributed by atoms with Gasteiger partial charge in [-0.25, -0.2) is 9.97 Å². The van der Waals surface area contributed by atoms with E-state index in [1.54, 1.807) is 6.20 Å². The molecule has 1 aromatic rings. The lowest BCUT2D eigenvalue weighted by molar-refractivity contribution is 0.630. The number of nitrogens with zero attached hydrogens (tertiary/aromatic N) is 2. The van der Waals surface area contributed by atoms with Gasteiger partial charge in [-0.15, -0.1) is 0 Å². The zero-order valence-corrected chi connectivity index (χ0v) is 8.47. The van der Waals surface area contributed by atoms with E-state index in [0.29, 0.717) is 16.5 Å². The molecule has 0 bridgehead atoms. The Morgan fingerprint density at radius 3 is 2.85 bits per heavy atom. The van der Waals surface area contributed by atoms with Crippen LogP contribution in [0.15, 0.2) is 12.5 Å². The molecule has 0 aliphatic heterocycles. The predicted octanol–water partition coefficient (Wildman–Crippen LogP) is 2.34. The molecular formula is C9H12ClN3. The van der Waals surface area contributed by atoms with Gasteiger partial charge in [-0.3, -0.25) is 0 Å². The Balaban J connectivity index is 2.07. The molecule has 1 heterocycles. The van der Waals surface area contributed by atoms with Gasteiger partial charge in [0.05, 0.1) is 6.20 Å². The molecule has 1 atom stereocenters. The molecule has 13 heavy (non-hydrogen) atoms. The summed E-state index contributed by atoms with van der Waals surface area (Å²) in [7, 11) is 0. The van der Waals surface area contributed by atoms with Gasteiger partial charge in [-0.2, -0.15) is 0 Å². The third-order valence-electron chi connectivity index (χ3n) is 2.49. The summed E-state index contributed by atoms with van der Waals surface area (Å²) in [6.45, 7) is 4.44. The van der Waals surface area contributed by atoms with Crippen LogP contribution in [0.3, 0.4) is 0 Å². The zero-order valence-electron chi connectivity index (χ0n) is 7.71. The van der Waals surface area contributed by atoms with Crippen LogP contribution in [0.25, 0.3) is 0 Å². The van der Waals surface area contributed by atoms with Crippen LogP contribution < -0.4 is 5.32 Å². The molecule has 0 radical (unpaired) electrons. The van der Waals surface area contributed by atoms with Crippen molar-refractivity contribution in [2.24, 2.45) is 5.41 Å². The quantitative estimate of drug-likeness (QED) is 0.791. The second kappa shape index (κ2) is 2.84. The van der Waals surface area contributed by atoms with Crippen molar-refractivity contribution in [3.8, 4) is 0 Å². The summed E-state index contributed by atoms with van der Waals surface area (Å²) in [5.74, 6) is 0.743. The Bertz CT molecular complexity index is 324. The van der Waals surface area contributed by atoms with Crippen LogP contribution in [0.2, 0.25) is 5.02 Å². The average molecular weight is 198 g/mol. The summed E-state index contributed by atoms with van der Waals surface area (Å²) >= 11 is 5.90. The molecule has 1 N–H and O–H groups in total. The lowest BCUT2D eigenvalue weighted by Gasteiger charge is -2.07. The van der Waals surface area contributed by atoms with Crippen molar-refractivity contribution < 1.29 is 0 Å². The second-order valence-corrected chi connectivity index (χ2v) is 4.52. The fourth-order valence-corrected chi connectivity index (χ4v) is 1.46. The highest BCUT2D eigenvalue weighted by Gasteiger charge is 2.46. The van der Waals surface area contributed by atoms with Crippen LogP contribution in [0.1, 0.15) is 20.3 Å². The maximum atomic E-state index is 5.90. The van der Waals surface area contributed by atoms with E-state index < -0.39 is 0 Å². The van der Waals surface area contributed by atoms with Gasteiger partial charge in [0.2, 0.25) is 0 Å². The molecule has 1 aliphatic rings. The van der Waals surface area contributed by atoms with E-state index in [0.717, 1.165) is 5.82 Å². The molecule has 0 aromatic carbocycles. The Hall–Kier alpha value is -0.830. The molecule has 1 aliphatic carbocycles. The number of halogens is 1. The maximum Gasteiger partial charge on any atom is 0.148 e. The SMILES string of the molecule is CC1(C)CC1Nc1ncncc1Cl. The van der Waals surface area contributed by atoms with Crippen LogP contribution in [-0.2, 0) is 0 Å². The highest BCUT2D eigenvalue weighted by Crippen LogP contribution is 2.46. The predicted molar refractivity (Wildman–Crippen MR) is 52.9 cm³/mol. The van der Waals surface area contributed by atoms with E-state index >= 15 is 0 Å². The Kier molecular flexibility index (Phi) is 1.91. The first kappa shape index (κ1) is 8.75. The normalized spacial score (nSPS) is 24.1. The van der Waals surface area contributed by atoms with Crippen molar-refractivity contribution in [3.05, 3.63) is 17.5 Å². The second-order valence-electron chi connectivity index (χ2n) is 4.11. The Morgan fingerprint density at radius 2 is 2.31 bits per heavy atom. The standard InChI is InChI=1S/C9H12ClN3/c1-9(2)3-7(9)13-8-6(10)4-11-5-12-8/h4-5,7H,3H2,1-2H3,(H,11,12,13). The molecule has 4 heteroatoms.